The lowest BCUT2D eigenvalue weighted by Gasteiger charge is -2.23. The van der Waals surface area contributed by atoms with E-state index in [0.29, 0.717) is 0 Å². The Morgan fingerprint density at radius 1 is 1.50 bits per heavy atom. The Morgan fingerprint density at radius 3 is 2.94 bits per heavy atom. The molecule has 0 aromatic rings. The summed E-state index contributed by atoms with van der Waals surface area (Å²) in [6, 6.07) is -0.327. The summed E-state index contributed by atoms with van der Waals surface area (Å²) in [5, 5.41) is 12.5. The molecule has 1 amide bonds. The Bertz CT molecular complexity index is 251. The summed E-state index contributed by atoms with van der Waals surface area (Å²) in [4.78, 5) is 11.4. The molecule has 2 atom stereocenters. The van der Waals surface area contributed by atoms with Crippen LogP contribution in [0.1, 0.15) is 39.5 Å². The second-order valence-corrected chi connectivity index (χ2v) is 4.40. The van der Waals surface area contributed by atoms with Gasteiger partial charge in [0.1, 0.15) is 0 Å². The molecule has 0 spiro atoms. The number of allylic oxidation sites excluding steroid dienone is 1. The van der Waals surface area contributed by atoms with Crippen LogP contribution in [0.2, 0.25) is 0 Å². The van der Waals surface area contributed by atoms with Crippen molar-refractivity contribution in [1.29, 1.82) is 0 Å². The van der Waals surface area contributed by atoms with Gasteiger partial charge in [0.25, 0.3) is 0 Å². The van der Waals surface area contributed by atoms with E-state index >= 15 is 0 Å². The lowest BCUT2D eigenvalue weighted by molar-refractivity contribution is 0.0932. The SMILES string of the molecule is CC(C)OC(=O)NC1/C=C/CCCC[C@H]1O. The lowest BCUT2D eigenvalue weighted by Crippen LogP contribution is -2.43. The van der Waals surface area contributed by atoms with Gasteiger partial charge in [-0.1, -0.05) is 18.6 Å². The molecule has 0 aromatic heterocycles. The van der Waals surface area contributed by atoms with Crippen molar-refractivity contribution in [3.8, 4) is 0 Å². The smallest absolute Gasteiger partial charge is 0.407 e. The third-order valence-electron chi connectivity index (χ3n) is 2.51. The van der Waals surface area contributed by atoms with Crippen LogP contribution in [0, 0.1) is 0 Å². The summed E-state index contributed by atoms with van der Waals surface area (Å²) in [5.74, 6) is 0. The van der Waals surface area contributed by atoms with Crippen LogP contribution in [0.5, 0.6) is 0 Å². The van der Waals surface area contributed by atoms with Gasteiger partial charge in [0.2, 0.25) is 0 Å². The molecule has 2 N–H and O–H groups in total. The van der Waals surface area contributed by atoms with Gasteiger partial charge in [-0.3, -0.25) is 0 Å². The highest BCUT2D eigenvalue weighted by Crippen LogP contribution is 2.12. The molecule has 1 aliphatic carbocycles. The fourth-order valence-electron chi connectivity index (χ4n) is 1.69. The van der Waals surface area contributed by atoms with Crippen molar-refractivity contribution in [2.45, 2.75) is 57.8 Å². The van der Waals surface area contributed by atoms with Crippen molar-refractivity contribution >= 4 is 6.09 Å². The van der Waals surface area contributed by atoms with Crippen LogP contribution in [0.25, 0.3) is 0 Å². The topological polar surface area (TPSA) is 58.6 Å². The molecule has 1 unspecified atom stereocenters. The van der Waals surface area contributed by atoms with Gasteiger partial charge < -0.3 is 15.2 Å². The van der Waals surface area contributed by atoms with Gasteiger partial charge in [-0.2, -0.15) is 0 Å². The Labute approximate surface area is 96.7 Å². The van der Waals surface area contributed by atoms with Crippen LogP contribution in [0.4, 0.5) is 4.79 Å². The summed E-state index contributed by atoms with van der Waals surface area (Å²) in [7, 11) is 0. The number of carbonyl (C=O) groups excluding carboxylic acids is 1. The number of hydrogen-bond acceptors (Lipinski definition) is 3. The summed E-state index contributed by atoms with van der Waals surface area (Å²) in [6.07, 6.45) is 6.53. The fraction of sp³-hybridized carbons (Fsp3) is 0.750. The summed E-state index contributed by atoms with van der Waals surface area (Å²) >= 11 is 0. The second kappa shape index (κ2) is 6.53. The van der Waals surface area contributed by atoms with E-state index in [1.54, 1.807) is 13.8 Å². The summed E-state index contributed by atoms with van der Waals surface area (Å²) < 4.78 is 4.98. The average molecular weight is 227 g/mol. The maximum absolute atomic E-state index is 11.4. The number of carbonyl (C=O) groups is 1. The van der Waals surface area contributed by atoms with Crippen LogP contribution in [-0.4, -0.2) is 29.4 Å². The van der Waals surface area contributed by atoms with E-state index in [4.69, 9.17) is 4.74 Å². The molecule has 0 aliphatic heterocycles. The predicted molar refractivity (Wildman–Crippen MR) is 62.2 cm³/mol. The number of amides is 1. The van der Waals surface area contributed by atoms with Gasteiger partial charge in [-0.25, -0.2) is 4.79 Å². The van der Waals surface area contributed by atoms with Crippen LogP contribution >= 0.6 is 0 Å². The van der Waals surface area contributed by atoms with Crippen molar-refractivity contribution in [1.82, 2.24) is 5.32 Å². The molecule has 0 saturated heterocycles. The molecule has 0 radical (unpaired) electrons. The van der Waals surface area contributed by atoms with Gasteiger partial charge in [0.15, 0.2) is 0 Å². The highest BCUT2D eigenvalue weighted by molar-refractivity contribution is 5.68. The van der Waals surface area contributed by atoms with E-state index in [0.717, 1.165) is 25.7 Å². The van der Waals surface area contributed by atoms with E-state index < -0.39 is 12.2 Å². The maximum Gasteiger partial charge on any atom is 0.407 e. The second-order valence-electron chi connectivity index (χ2n) is 4.40. The van der Waals surface area contributed by atoms with Crippen LogP contribution in [0.15, 0.2) is 12.2 Å². The molecule has 4 heteroatoms. The normalized spacial score (nSPS) is 28.0. The molecular weight excluding hydrogens is 206 g/mol. The Balaban J connectivity index is 2.48. The first-order valence-corrected chi connectivity index (χ1v) is 5.91. The van der Waals surface area contributed by atoms with Gasteiger partial charge in [0, 0.05) is 0 Å². The average Bonchev–Trinajstić information content (AvgIpc) is 2.16. The van der Waals surface area contributed by atoms with Crippen molar-refractivity contribution in [2.24, 2.45) is 0 Å². The van der Waals surface area contributed by atoms with Crippen LogP contribution in [-0.2, 0) is 4.74 Å². The number of nitrogens with one attached hydrogen (secondary N) is 1. The minimum atomic E-state index is -0.517. The van der Waals surface area contributed by atoms with E-state index in [9.17, 15) is 9.90 Å². The number of alkyl carbamates (subject to hydrolysis) is 1. The van der Waals surface area contributed by atoms with Crippen LogP contribution in [0.3, 0.4) is 0 Å². The maximum atomic E-state index is 11.4. The van der Waals surface area contributed by atoms with E-state index in [-0.39, 0.29) is 12.1 Å². The van der Waals surface area contributed by atoms with E-state index in [1.165, 1.54) is 0 Å². The van der Waals surface area contributed by atoms with Crippen molar-refractivity contribution < 1.29 is 14.6 Å². The van der Waals surface area contributed by atoms with Crippen LogP contribution < -0.4 is 5.32 Å². The van der Waals surface area contributed by atoms with Gasteiger partial charge in [0.05, 0.1) is 18.2 Å². The first kappa shape index (κ1) is 13.0. The number of aliphatic hydroxyl groups is 1. The lowest BCUT2D eigenvalue weighted by atomic mass is 10.00. The Hall–Kier alpha value is -1.03. The highest BCUT2D eigenvalue weighted by atomic mass is 16.6. The molecule has 0 bridgehead atoms. The molecule has 92 valence electrons. The molecule has 0 aromatic carbocycles. The highest BCUT2D eigenvalue weighted by Gasteiger charge is 2.20. The Kier molecular flexibility index (Phi) is 5.32. The fourth-order valence-corrected chi connectivity index (χ4v) is 1.69. The molecule has 0 fully saturated rings. The predicted octanol–water partition coefficient (Wildman–Crippen LogP) is 1.98. The molecular formula is C12H21NO3. The minimum Gasteiger partial charge on any atom is -0.447 e. The monoisotopic (exact) mass is 227 g/mol. The third-order valence-corrected chi connectivity index (χ3v) is 2.51. The summed E-state index contributed by atoms with van der Waals surface area (Å²) in [5.41, 5.74) is 0. The van der Waals surface area contributed by atoms with Gasteiger partial charge in [-0.15, -0.1) is 0 Å². The largest absolute Gasteiger partial charge is 0.447 e. The zero-order valence-corrected chi connectivity index (χ0v) is 9.98. The zero-order valence-electron chi connectivity index (χ0n) is 9.98. The third kappa shape index (κ3) is 4.66. The number of ether oxygens (including phenoxy) is 1. The van der Waals surface area contributed by atoms with E-state index in [2.05, 4.69) is 5.32 Å². The molecule has 0 heterocycles. The van der Waals surface area contributed by atoms with Gasteiger partial charge >= 0.3 is 6.09 Å². The first-order chi connectivity index (χ1) is 7.59. The standard InChI is InChI=1S/C12H21NO3/c1-9(2)16-12(15)13-10-7-5-3-4-6-8-11(10)14/h5,7,9-11,14H,3-4,6,8H2,1-2H3,(H,13,15)/b7-5+/t10?,11-/m1/s1. The minimum absolute atomic E-state index is 0.144. The number of rotatable bonds is 2. The van der Waals surface area contributed by atoms with Crippen molar-refractivity contribution in [2.75, 3.05) is 0 Å². The molecule has 1 rings (SSSR count). The Morgan fingerprint density at radius 2 is 2.25 bits per heavy atom. The van der Waals surface area contributed by atoms with Crippen molar-refractivity contribution in [3.63, 3.8) is 0 Å². The van der Waals surface area contributed by atoms with E-state index in [1.807, 2.05) is 12.2 Å². The first-order valence-electron chi connectivity index (χ1n) is 5.91. The molecule has 16 heavy (non-hydrogen) atoms. The summed E-state index contributed by atoms with van der Waals surface area (Å²) in [6.45, 7) is 3.59. The molecule has 1 aliphatic rings. The molecule has 4 nitrogen and oxygen atoms in total. The number of aliphatic hydroxyl groups excluding tert-OH is 1. The molecule has 0 saturated carbocycles. The number of hydrogen-bond donors (Lipinski definition) is 2. The van der Waals surface area contributed by atoms with Gasteiger partial charge in [-0.05, 0) is 33.1 Å². The van der Waals surface area contributed by atoms with Crippen molar-refractivity contribution in [3.05, 3.63) is 12.2 Å². The zero-order chi connectivity index (χ0) is 12.0. The quantitative estimate of drug-likeness (QED) is 0.709.